The Balaban J connectivity index is 1.89. The van der Waals surface area contributed by atoms with E-state index in [4.69, 9.17) is 20.8 Å². The number of nitrogens with zero attached hydrogens (tertiary/aromatic N) is 4. The van der Waals surface area contributed by atoms with Gasteiger partial charge in [-0.15, -0.1) is 0 Å². The number of fused-ring (bicyclic) bond motifs is 1. The Morgan fingerprint density at radius 1 is 1.36 bits per heavy atom. The lowest BCUT2D eigenvalue weighted by molar-refractivity contribution is -0.136. The molecule has 7 nitrogen and oxygen atoms in total. The van der Waals surface area contributed by atoms with E-state index in [2.05, 4.69) is 15.4 Å². The standard InChI is InChI=1S/C17H17ClF3N5O2/c1-22-10-8-25(5-6-27-9-10)16-24-14-13(17(19,20)21)11(18)7-12(15(14)28-16)26-4-2-3-23-26/h2-4,7,10,22H,5-6,8-9H2,1H3. The van der Waals surface area contributed by atoms with Crippen LogP contribution in [0.25, 0.3) is 16.8 Å². The van der Waals surface area contributed by atoms with Gasteiger partial charge in [-0.1, -0.05) is 11.6 Å². The van der Waals surface area contributed by atoms with Gasteiger partial charge in [-0.25, -0.2) is 4.68 Å². The van der Waals surface area contributed by atoms with Crippen molar-refractivity contribution >= 4 is 28.7 Å². The Morgan fingerprint density at radius 2 is 2.18 bits per heavy atom. The van der Waals surface area contributed by atoms with Crippen LogP contribution < -0.4 is 10.2 Å². The average molecular weight is 416 g/mol. The molecule has 0 radical (unpaired) electrons. The third-order valence-corrected chi connectivity index (χ3v) is 4.86. The average Bonchev–Trinajstić information content (AvgIpc) is 3.25. The molecule has 28 heavy (non-hydrogen) atoms. The summed E-state index contributed by atoms with van der Waals surface area (Å²) in [7, 11) is 1.79. The minimum Gasteiger partial charge on any atom is -0.421 e. The molecule has 150 valence electrons. The number of anilines is 1. The number of ether oxygens (including phenoxy) is 1. The molecular weight excluding hydrogens is 399 g/mol. The Labute approximate surface area is 163 Å². The van der Waals surface area contributed by atoms with E-state index in [1.165, 1.54) is 16.9 Å². The summed E-state index contributed by atoms with van der Waals surface area (Å²) >= 11 is 5.99. The summed E-state index contributed by atoms with van der Waals surface area (Å²) in [5.41, 5.74) is -1.10. The number of alkyl halides is 3. The lowest BCUT2D eigenvalue weighted by Gasteiger charge is -2.21. The highest BCUT2D eigenvalue weighted by Crippen LogP contribution is 2.42. The summed E-state index contributed by atoms with van der Waals surface area (Å²) in [4.78, 5) is 5.93. The molecule has 1 N–H and O–H groups in total. The second kappa shape index (κ2) is 7.26. The summed E-state index contributed by atoms with van der Waals surface area (Å²) in [5.74, 6) is 0. The molecule has 4 rings (SSSR count). The fourth-order valence-electron chi connectivity index (χ4n) is 3.17. The van der Waals surface area contributed by atoms with Crippen LogP contribution in [0.1, 0.15) is 5.56 Å². The van der Waals surface area contributed by atoms with Gasteiger partial charge in [0.1, 0.15) is 16.8 Å². The number of likely N-dealkylation sites (N-methyl/N-ethyl adjacent to an activating group) is 1. The monoisotopic (exact) mass is 415 g/mol. The topological polar surface area (TPSA) is 68.3 Å². The zero-order chi connectivity index (χ0) is 19.9. The number of benzene rings is 1. The van der Waals surface area contributed by atoms with Crippen molar-refractivity contribution in [3.63, 3.8) is 0 Å². The minimum absolute atomic E-state index is 0.00577. The van der Waals surface area contributed by atoms with Crippen LogP contribution in [0.4, 0.5) is 19.2 Å². The van der Waals surface area contributed by atoms with Crippen LogP contribution in [0.2, 0.25) is 5.02 Å². The number of rotatable bonds is 3. The third-order valence-electron chi connectivity index (χ3n) is 4.57. The summed E-state index contributed by atoms with van der Waals surface area (Å²) in [6.45, 7) is 1.83. The van der Waals surface area contributed by atoms with Gasteiger partial charge in [0, 0.05) is 31.5 Å². The first-order chi connectivity index (χ1) is 13.4. The molecule has 3 heterocycles. The van der Waals surface area contributed by atoms with E-state index in [0.29, 0.717) is 26.3 Å². The zero-order valence-corrected chi connectivity index (χ0v) is 15.6. The highest BCUT2D eigenvalue weighted by Gasteiger charge is 2.39. The van der Waals surface area contributed by atoms with Crippen LogP contribution in [0, 0.1) is 0 Å². The Bertz CT molecular complexity index is 973. The van der Waals surface area contributed by atoms with E-state index >= 15 is 0 Å². The molecule has 1 unspecified atom stereocenters. The van der Waals surface area contributed by atoms with Crippen molar-refractivity contribution in [3.8, 4) is 5.69 Å². The van der Waals surface area contributed by atoms with Gasteiger partial charge in [0.2, 0.25) is 0 Å². The summed E-state index contributed by atoms with van der Waals surface area (Å²) in [6, 6.07) is 2.92. The molecule has 3 aromatic rings. The third kappa shape index (κ3) is 3.43. The normalized spacial score (nSPS) is 18.6. The van der Waals surface area contributed by atoms with E-state index in [1.807, 2.05) is 0 Å². The molecule has 1 aromatic carbocycles. The molecule has 0 bridgehead atoms. The fraction of sp³-hybridized carbons (Fsp3) is 0.412. The lowest BCUT2D eigenvalue weighted by Crippen LogP contribution is -2.40. The zero-order valence-electron chi connectivity index (χ0n) is 14.8. The first-order valence-electron chi connectivity index (χ1n) is 8.58. The quantitative estimate of drug-likeness (QED) is 0.709. The molecule has 1 aliphatic heterocycles. The predicted octanol–water partition coefficient (Wildman–Crippen LogP) is 3.11. The SMILES string of the molecule is CNC1COCCN(c2nc3c(C(F)(F)F)c(Cl)cc(-n4cccn4)c3o2)C1. The second-order valence-electron chi connectivity index (χ2n) is 6.38. The fourth-order valence-corrected chi connectivity index (χ4v) is 3.47. The summed E-state index contributed by atoms with van der Waals surface area (Å²) in [6.07, 6.45) is -1.57. The molecule has 2 aromatic heterocycles. The molecule has 11 heteroatoms. The molecule has 0 amide bonds. The van der Waals surface area contributed by atoms with Crippen LogP contribution in [0.5, 0.6) is 0 Å². The van der Waals surface area contributed by atoms with Gasteiger partial charge in [-0.05, 0) is 19.2 Å². The van der Waals surface area contributed by atoms with Gasteiger partial charge in [-0.2, -0.15) is 23.3 Å². The van der Waals surface area contributed by atoms with Crippen LogP contribution in [-0.4, -0.2) is 54.2 Å². The van der Waals surface area contributed by atoms with E-state index in [0.717, 1.165) is 0 Å². The van der Waals surface area contributed by atoms with Gasteiger partial charge < -0.3 is 19.4 Å². The maximum Gasteiger partial charge on any atom is 0.420 e. The largest absolute Gasteiger partial charge is 0.421 e. The number of halogens is 4. The summed E-state index contributed by atoms with van der Waals surface area (Å²) < 4.78 is 53.7. The van der Waals surface area contributed by atoms with Crippen molar-refractivity contribution in [2.75, 3.05) is 38.3 Å². The summed E-state index contributed by atoms with van der Waals surface area (Å²) in [5, 5.41) is 6.72. The van der Waals surface area contributed by atoms with Gasteiger partial charge in [-0.3, -0.25) is 0 Å². The molecular formula is C17H17ClF3N5O2. The Kier molecular flexibility index (Phi) is 4.94. The van der Waals surface area contributed by atoms with Gasteiger partial charge in [0.05, 0.1) is 18.2 Å². The van der Waals surface area contributed by atoms with Gasteiger partial charge in [0.15, 0.2) is 5.58 Å². The number of nitrogens with one attached hydrogen (secondary N) is 1. The first kappa shape index (κ1) is 19.0. The highest BCUT2D eigenvalue weighted by molar-refractivity contribution is 6.32. The van der Waals surface area contributed by atoms with Crippen LogP contribution in [0.15, 0.2) is 28.9 Å². The number of aromatic nitrogens is 3. The van der Waals surface area contributed by atoms with Crippen molar-refractivity contribution in [2.45, 2.75) is 12.2 Å². The van der Waals surface area contributed by atoms with Crippen molar-refractivity contribution in [1.82, 2.24) is 20.1 Å². The van der Waals surface area contributed by atoms with Gasteiger partial charge in [0.25, 0.3) is 6.01 Å². The Morgan fingerprint density at radius 3 is 2.86 bits per heavy atom. The molecule has 0 aliphatic carbocycles. The molecule has 1 aliphatic rings. The molecule has 1 atom stereocenters. The maximum absolute atomic E-state index is 13.7. The van der Waals surface area contributed by atoms with Crippen molar-refractivity contribution in [1.29, 1.82) is 0 Å². The second-order valence-corrected chi connectivity index (χ2v) is 6.79. The lowest BCUT2D eigenvalue weighted by atomic mass is 10.1. The molecule has 1 fully saturated rings. The van der Waals surface area contributed by atoms with Crippen LogP contribution in [-0.2, 0) is 10.9 Å². The van der Waals surface area contributed by atoms with E-state index < -0.39 is 16.8 Å². The number of hydrogen-bond donors (Lipinski definition) is 1. The van der Waals surface area contributed by atoms with E-state index in [-0.39, 0.29) is 28.8 Å². The van der Waals surface area contributed by atoms with Crippen LogP contribution in [0.3, 0.4) is 0 Å². The first-order valence-corrected chi connectivity index (χ1v) is 8.96. The minimum atomic E-state index is -4.68. The Hall–Kier alpha value is -2.30. The van der Waals surface area contributed by atoms with E-state index in [9.17, 15) is 13.2 Å². The smallest absolute Gasteiger partial charge is 0.420 e. The molecule has 0 saturated carbocycles. The molecule has 0 spiro atoms. The van der Waals surface area contributed by atoms with Crippen molar-refractivity contribution in [2.24, 2.45) is 0 Å². The molecule has 1 saturated heterocycles. The van der Waals surface area contributed by atoms with Crippen LogP contribution >= 0.6 is 11.6 Å². The van der Waals surface area contributed by atoms with Crippen molar-refractivity contribution in [3.05, 3.63) is 35.1 Å². The highest BCUT2D eigenvalue weighted by atomic mass is 35.5. The number of hydrogen-bond acceptors (Lipinski definition) is 6. The maximum atomic E-state index is 13.7. The van der Waals surface area contributed by atoms with Crippen molar-refractivity contribution < 1.29 is 22.3 Å². The van der Waals surface area contributed by atoms with E-state index in [1.54, 1.807) is 24.2 Å². The van der Waals surface area contributed by atoms with Gasteiger partial charge >= 0.3 is 6.18 Å². The predicted molar refractivity (Wildman–Crippen MR) is 97.0 cm³/mol. The number of oxazole rings is 1.